The number of halogens is 1. The van der Waals surface area contributed by atoms with E-state index in [0.29, 0.717) is 5.76 Å². The molecule has 0 atom stereocenters. The lowest BCUT2D eigenvalue weighted by molar-refractivity contribution is 0.0947. The molecule has 0 aliphatic rings. The number of ether oxygens (including phenoxy) is 1. The zero-order chi connectivity index (χ0) is 16.4. The van der Waals surface area contributed by atoms with E-state index in [1.165, 1.54) is 19.2 Å². The summed E-state index contributed by atoms with van der Waals surface area (Å²) in [6.45, 7) is 2.19. The Morgan fingerprint density at radius 1 is 1.26 bits per heavy atom. The molecule has 1 aromatic heterocycles. The summed E-state index contributed by atoms with van der Waals surface area (Å²) < 4.78 is 24.2. The van der Waals surface area contributed by atoms with E-state index >= 15 is 0 Å². The lowest BCUT2D eigenvalue weighted by Crippen LogP contribution is -2.23. The highest BCUT2D eigenvalue weighted by atomic mass is 19.1. The molecule has 0 unspecified atom stereocenters. The van der Waals surface area contributed by atoms with Crippen LogP contribution in [0.2, 0.25) is 0 Å². The van der Waals surface area contributed by atoms with Crippen LogP contribution in [0.25, 0.3) is 11.0 Å². The monoisotopic (exact) mass is 313 g/mol. The molecular weight excluding hydrogens is 297 g/mol. The second-order valence-corrected chi connectivity index (χ2v) is 5.18. The number of carbonyl (C=O) groups is 1. The average molecular weight is 313 g/mol. The molecule has 4 nitrogen and oxygen atoms in total. The molecule has 118 valence electrons. The van der Waals surface area contributed by atoms with Gasteiger partial charge in [0.1, 0.15) is 11.3 Å². The zero-order valence-electron chi connectivity index (χ0n) is 12.9. The Morgan fingerprint density at radius 2 is 2.04 bits per heavy atom. The van der Waals surface area contributed by atoms with Crippen molar-refractivity contribution in [3.05, 3.63) is 65.2 Å². The third-order valence-electron chi connectivity index (χ3n) is 3.77. The maximum Gasteiger partial charge on any atom is 0.251 e. The lowest BCUT2D eigenvalue weighted by atomic mass is 10.1. The van der Waals surface area contributed by atoms with Gasteiger partial charge >= 0.3 is 0 Å². The van der Waals surface area contributed by atoms with E-state index in [1.807, 2.05) is 31.2 Å². The Balaban J connectivity index is 1.75. The molecule has 3 rings (SSSR count). The summed E-state index contributed by atoms with van der Waals surface area (Å²) in [6.07, 6.45) is 0. The summed E-state index contributed by atoms with van der Waals surface area (Å²) in [5, 5.41) is 3.76. The minimum Gasteiger partial charge on any atom is -0.494 e. The topological polar surface area (TPSA) is 51.5 Å². The number of aryl methyl sites for hydroxylation is 1. The molecule has 0 spiro atoms. The smallest absolute Gasteiger partial charge is 0.251 e. The normalized spacial score (nSPS) is 10.7. The Hall–Kier alpha value is -2.82. The summed E-state index contributed by atoms with van der Waals surface area (Å²) >= 11 is 0. The van der Waals surface area contributed by atoms with Gasteiger partial charge in [0.25, 0.3) is 5.91 Å². The Bertz CT molecular complexity index is 870. The molecule has 1 heterocycles. The van der Waals surface area contributed by atoms with E-state index in [-0.39, 0.29) is 23.8 Å². The summed E-state index contributed by atoms with van der Waals surface area (Å²) in [7, 11) is 1.38. The number of benzene rings is 2. The molecule has 23 heavy (non-hydrogen) atoms. The van der Waals surface area contributed by atoms with E-state index in [0.717, 1.165) is 22.6 Å². The predicted molar refractivity (Wildman–Crippen MR) is 85.1 cm³/mol. The zero-order valence-corrected chi connectivity index (χ0v) is 12.9. The van der Waals surface area contributed by atoms with Gasteiger partial charge in [0.2, 0.25) is 0 Å². The van der Waals surface area contributed by atoms with Gasteiger partial charge in [-0.25, -0.2) is 4.39 Å². The Labute approximate surface area is 132 Å². The number of hydrogen-bond acceptors (Lipinski definition) is 3. The predicted octanol–water partition coefficient (Wildman–Crippen LogP) is 3.82. The molecule has 2 aromatic carbocycles. The van der Waals surface area contributed by atoms with E-state index in [2.05, 4.69) is 5.32 Å². The van der Waals surface area contributed by atoms with Crippen molar-refractivity contribution in [2.24, 2.45) is 0 Å². The van der Waals surface area contributed by atoms with Crippen LogP contribution in [0.3, 0.4) is 0 Å². The van der Waals surface area contributed by atoms with Gasteiger partial charge in [-0.3, -0.25) is 4.79 Å². The van der Waals surface area contributed by atoms with Crippen LogP contribution in [0.1, 0.15) is 21.7 Å². The highest BCUT2D eigenvalue weighted by molar-refractivity contribution is 5.94. The largest absolute Gasteiger partial charge is 0.494 e. The summed E-state index contributed by atoms with van der Waals surface area (Å²) in [5.41, 5.74) is 2.00. The fraction of sp³-hybridized carbons (Fsp3) is 0.167. The fourth-order valence-corrected chi connectivity index (χ4v) is 2.46. The molecule has 0 aliphatic carbocycles. The van der Waals surface area contributed by atoms with E-state index in [9.17, 15) is 9.18 Å². The van der Waals surface area contributed by atoms with Gasteiger partial charge in [-0.05, 0) is 31.2 Å². The van der Waals surface area contributed by atoms with E-state index < -0.39 is 5.82 Å². The highest BCUT2D eigenvalue weighted by Gasteiger charge is 2.13. The minimum absolute atomic E-state index is 0.106. The van der Waals surface area contributed by atoms with Crippen LogP contribution >= 0.6 is 0 Å². The summed E-state index contributed by atoms with van der Waals surface area (Å²) in [5.74, 6) is -0.144. The van der Waals surface area contributed by atoms with Crippen LogP contribution in [-0.2, 0) is 6.54 Å². The van der Waals surface area contributed by atoms with Gasteiger partial charge in [0, 0.05) is 16.5 Å². The third-order valence-corrected chi connectivity index (χ3v) is 3.77. The molecule has 0 radical (unpaired) electrons. The first-order chi connectivity index (χ1) is 11.1. The number of rotatable bonds is 4. The Morgan fingerprint density at radius 3 is 2.74 bits per heavy atom. The molecule has 3 aromatic rings. The first-order valence-electron chi connectivity index (χ1n) is 7.19. The quantitative estimate of drug-likeness (QED) is 0.796. The van der Waals surface area contributed by atoms with Gasteiger partial charge in [-0.1, -0.05) is 18.2 Å². The summed E-state index contributed by atoms with van der Waals surface area (Å²) in [6, 6.07) is 11.8. The van der Waals surface area contributed by atoms with Crippen molar-refractivity contribution in [1.29, 1.82) is 0 Å². The fourth-order valence-electron chi connectivity index (χ4n) is 2.46. The first-order valence-corrected chi connectivity index (χ1v) is 7.19. The number of fused-ring (bicyclic) bond motifs is 1. The highest BCUT2D eigenvalue weighted by Crippen LogP contribution is 2.25. The average Bonchev–Trinajstić information content (AvgIpc) is 2.89. The van der Waals surface area contributed by atoms with Crippen LogP contribution < -0.4 is 10.1 Å². The maximum atomic E-state index is 13.7. The lowest BCUT2D eigenvalue weighted by Gasteiger charge is -2.06. The van der Waals surface area contributed by atoms with Crippen molar-refractivity contribution >= 4 is 16.9 Å². The molecule has 0 saturated heterocycles. The standard InChI is InChI=1S/C18H16FNO3/c1-11-13-5-3-4-6-15(13)23-17(11)10-20-18(21)12-7-8-16(22-2)14(19)9-12/h3-9H,10H2,1-2H3,(H,20,21). The number of hydrogen-bond donors (Lipinski definition) is 1. The summed E-state index contributed by atoms with van der Waals surface area (Å²) in [4.78, 5) is 12.1. The van der Waals surface area contributed by atoms with Crippen LogP contribution in [0.5, 0.6) is 5.75 Å². The molecule has 0 saturated carbocycles. The molecule has 0 bridgehead atoms. The van der Waals surface area contributed by atoms with Crippen molar-refractivity contribution in [2.75, 3.05) is 7.11 Å². The number of nitrogens with one attached hydrogen (secondary N) is 1. The van der Waals surface area contributed by atoms with Crippen LogP contribution in [0.15, 0.2) is 46.9 Å². The Kier molecular flexibility index (Phi) is 4.02. The van der Waals surface area contributed by atoms with Crippen molar-refractivity contribution in [3.8, 4) is 5.75 Å². The second-order valence-electron chi connectivity index (χ2n) is 5.18. The van der Waals surface area contributed by atoms with Gasteiger partial charge in [0.05, 0.1) is 13.7 Å². The molecule has 5 heteroatoms. The van der Waals surface area contributed by atoms with Crippen molar-refractivity contribution in [3.63, 3.8) is 0 Å². The number of para-hydroxylation sites is 1. The van der Waals surface area contributed by atoms with Crippen molar-refractivity contribution in [2.45, 2.75) is 13.5 Å². The maximum absolute atomic E-state index is 13.7. The van der Waals surface area contributed by atoms with Crippen molar-refractivity contribution < 1.29 is 18.3 Å². The van der Waals surface area contributed by atoms with Gasteiger partial charge in [-0.2, -0.15) is 0 Å². The van der Waals surface area contributed by atoms with E-state index in [1.54, 1.807) is 0 Å². The number of methoxy groups -OCH3 is 1. The number of amides is 1. The van der Waals surface area contributed by atoms with Crippen LogP contribution in [0, 0.1) is 12.7 Å². The first kappa shape index (κ1) is 15.1. The number of carbonyl (C=O) groups excluding carboxylic acids is 1. The van der Waals surface area contributed by atoms with E-state index in [4.69, 9.17) is 9.15 Å². The van der Waals surface area contributed by atoms with Gasteiger partial charge < -0.3 is 14.5 Å². The van der Waals surface area contributed by atoms with Crippen molar-refractivity contribution in [1.82, 2.24) is 5.32 Å². The minimum atomic E-state index is -0.569. The molecule has 1 N–H and O–H groups in total. The SMILES string of the molecule is COc1ccc(C(=O)NCc2oc3ccccc3c2C)cc1F. The van der Waals surface area contributed by atoms with Gasteiger partial charge in [0.15, 0.2) is 11.6 Å². The molecule has 1 amide bonds. The van der Waals surface area contributed by atoms with Crippen LogP contribution in [0.4, 0.5) is 4.39 Å². The molecular formula is C18H16FNO3. The van der Waals surface area contributed by atoms with Gasteiger partial charge in [-0.15, -0.1) is 0 Å². The molecule has 0 fully saturated rings. The second kappa shape index (κ2) is 6.12. The number of furan rings is 1. The third kappa shape index (κ3) is 2.90. The molecule has 0 aliphatic heterocycles. The van der Waals surface area contributed by atoms with Crippen LogP contribution in [-0.4, -0.2) is 13.0 Å².